The molecule has 3 aromatic rings. The number of amides is 1. The summed E-state index contributed by atoms with van der Waals surface area (Å²) in [6.07, 6.45) is 5.46. The lowest BCUT2D eigenvalue weighted by Crippen LogP contribution is -2.27. The molecule has 1 aromatic carbocycles. The molecule has 0 bridgehead atoms. The zero-order valence-electron chi connectivity index (χ0n) is 13.5. The molecule has 3 heterocycles. The van der Waals surface area contributed by atoms with E-state index in [1.165, 1.54) is 0 Å². The number of ether oxygens (including phenoxy) is 1. The Hall–Kier alpha value is -2.89. The molecular weight excluding hydrogens is 304 g/mol. The summed E-state index contributed by atoms with van der Waals surface area (Å²) in [6, 6.07) is 9.64. The Balaban J connectivity index is 1.80. The van der Waals surface area contributed by atoms with Gasteiger partial charge in [0.2, 0.25) is 0 Å². The molecule has 0 spiro atoms. The van der Waals surface area contributed by atoms with E-state index in [1.54, 1.807) is 24.0 Å². The molecule has 1 aliphatic rings. The van der Waals surface area contributed by atoms with Crippen molar-refractivity contribution in [3.05, 3.63) is 48.3 Å². The third-order valence-corrected chi connectivity index (χ3v) is 4.39. The maximum absolute atomic E-state index is 12.7. The minimum absolute atomic E-state index is 0.0118. The summed E-state index contributed by atoms with van der Waals surface area (Å²) < 4.78 is 7.01. The third kappa shape index (κ3) is 2.40. The summed E-state index contributed by atoms with van der Waals surface area (Å²) in [5.74, 6) is 0.788. The van der Waals surface area contributed by atoms with Crippen LogP contribution in [0.3, 0.4) is 0 Å². The predicted molar refractivity (Wildman–Crippen MR) is 90.1 cm³/mol. The van der Waals surface area contributed by atoms with Crippen LogP contribution >= 0.6 is 0 Å². The predicted octanol–water partition coefficient (Wildman–Crippen LogP) is 2.64. The van der Waals surface area contributed by atoms with E-state index < -0.39 is 0 Å². The van der Waals surface area contributed by atoms with E-state index in [1.807, 2.05) is 35.2 Å². The van der Waals surface area contributed by atoms with Crippen LogP contribution in [0.15, 0.2) is 42.7 Å². The average molecular weight is 322 g/mol. The van der Waals surface area contributed by atoms with Gasteiger partial charge in [-0.15, -0.1) is 0 Å². The maximum Gasteiger partial charge on any atom is 0.259 e. The van der Waals surface area contributed by atoms with Crippen LogP contribution in [-0.4, -0.2) is 45.6 Å². The number of hydrogen-bond acceptors (Lipinski definition) is 4. The second-order valence-electron chi connectivity index (χ2n) is 5.85. The van der Waals surface area contributed by atoms with Crippen LogP contribution in [0, 0.1) is 0 Å². The standard InChI is InChI=1S/C18H18N4O2/c1-24-14-6-4-5-13(11-14)16-7-8-19-17-15(12-20-22(16)17)18(23)21-9-2-3-10-21/h4-8,11-12H,2-3,9-10H2,1H3. The number of benzene rings is 1. The Bertz CT molecular complexity index is 897. The maximum atomic E-state index is 12.7. The zero-order valence-corrected chi connectivity index (χ0v) is 13.5. The Morgan fingerprint density at radius 3 is 2.83 bits per heavy atom. The van der Waals surface area contributed by atoms with Crippen LogP contribution in [0.1, 0.15) is 23.2 Å². The monoisotopic (exact) mass is 322 g/mol. The van der Waals surface area contributed by atoms with Gasteiger partial charge in [0.25, 0.3) is 5.91 Å². The van der Waals surface area contributed by atoms with Gasteiger partial charge in [-0.1, -0.05) is 12.1 Å². The lowest BCUT2D eigenvalue weighted by Gasteiger charge is -2.13. The largest absolute Gasteiger partial charge is 0.497 e. The normalized spacial score (nSPS) is 14.3. The first-order chi connectivity index (χ1) is 11.8. The second kappa shape index (κ2) is 5.96. The molecule has 24 heavy (non-hydrogen) atoms. The molecule has 1 amide bonds. The van der Waals surface area contributed by atoms with Crippen molar-refractivity contribution in [3.63, 3.8) is 0 Å². The van der Waals surface area contributed by atoms with E-state index in [2.05, 4.69) is 10.1 Å². The van der Waals surface area contributed by atoms with Crippen LogP contribution in [0.5, 0.6) is 5.75 Å². The SMILES string of the molecule is COc1cccc(-c2ccnc3c(C(=O)N4CCCC4)cnn23)c1. The molecule has 0 radical (unpaired) electrons. The molecular formula is C18H18N4O2. The highest BCUT2D eigenvalue weighted by molar-refractivity contribution is 6.00. The molecule has 0 N–H and O–H groups in total. The fourth-order valence-electron chi connectivity index (χ4n) is 3.13. The van der Waals surface area contributed by atoms with Crippen LogP contribution in [-0.2, 0) is 0 Å². The van der Waals surface area contributed by atoms with Crippen molar-refractivity contribution < 1.29 is 9.53 Å². The highest BCUT2D eigenvalue weighted by atomic mass is 16.5. The summed E-state index contributed by atoms with van der Waals surface area (Å²) in [4.78, 5) is 18.9. The molecule has 2 aromatic heterocycles. The van der Waals surface area contributed by atoms with Crippen molar-refractivity contribution in [2.45, 2.75) is 12.8 Å². The molecule has 0 aliphatic carbocycles. The van der Waals surface area contributed by atoms with Crippen LogP contribution < -0.4 is 4.74 Å². The Kier molecular flexibility index (Phi) is 3.65. The minimum atomic E-state index is 0.0118. The van der Waals surface area contributed by atoms with Crippen molar-refractivity contribution in [2.24, 2.45) is 0 Å². The van der Waals surface area contributed by atoms with Gasteiger partial charge in [-0.3, -0.25) is 4.79 Å². The van der Waals surface area contributed by atoms with E-state index in [0.717, 1.165) is 42.9 Å². The van der Waals surface area contributed by atoms with E-state index in [-0.39, 0.29) is 5.91 Å². The van der Waals surface area contributed by atoms with Gasteiger partial charge in [-0.05, 0) is 31.0 Å². The fourth-order valence-corrected chi connectivity index (χ4v) is 3.13. The lowest BCUT2D eigenvalue weighted by atomic mass is 10.1. The number of methoxy groups -OCH3 is 1. The summed E-state index contributed by atoms with van der Waals surface area (Å²) in [5.41, 5.74) is 2.98. The first-order valence-electron chi connectivity index (χ1n) is 8.04. The smallest absolute Gasteiger partial charge is 0.259 e. The van der Waals surface area contributed by atoms with E-state index in [9.17, 15) is 4.79 Å². The zero-order chi connectivity index (χ0) is 16.5. The van der Waals surface area contributed by atoms with Crippen molar-refractivity contribution in [1.82, 2.24) is 19.5 Å². The highest BCUT2D eigenvalue weighted by Crippen LogP contribution is 2.25. The number of nitrogens with zero attached hydrogens (tertiary/aromatic N) is 4. The lowest BCUT2D eigenvalue weighted by molar-refractivity contribution is 0.0794. The van der Waals surface area contributed by atoms with Gasteiger partial charge in [0.05, 0.1) is 19.0 Å². The van der Waals surface area contributed by atoms with Crippen LogP contribution in [0.2, 0.25) is 0 Å². The minimum Gasteiger partial charge on any atom is -0.497 e. The number of fused-ring (bicyclic) bond motifs is 1. The molecule has 122 valence electrons. The number of likely N-dealkylation sites (tertiary alicyclic amines) is 1. The number of hydrogen-bond donors (Lipinski definition) is 0. The van der Waals surface area contributed by atoms with Crippen molar-refractivity contribution in [2.75, 3.05) is 20.2 Å². The number of carbonyl (C=O) groups excluding carboxylic acids is 1. The van der Waals surface area contributed by atoms with Crippen molar-refractivity contribution in [1.29, 1.82) is 0 Å². The Morgan fingerprint density at radius 2 is 2.04 bits per heavy atom. The highest BCUT2D eigenvalue weighted by Gasteiger charge is 2.23. The third-order valence-electron chi connectivity index (χ3n) is 4.39. The van der Waals surface area contributed by atoms with Gasteiger partial charge in [-0.2, -0.15) is 5.10 Å². The second-order valence-corrected chi connectivity index (χ2v) is 5.85. The molecule has 1 saturated heterocycles. The summed E-state index contributed by atoms with van der Waals surface area (Å²) in [6.45, 7) is 1.62. The Morgan fingerprint density at radius 1 is 1.21 bits per heavy atom. The molecule has 0 unspecified atom stereocenters. The quantitative estimate of drug-likeness (QED) is 0.744. The molecule has 0 atom stereocenters. The number of carbonyl (C=O) groups is 1. The van der Waals surface area contributed by atoms with E-state index >= 15 is 0 Å². The molecule has 6 nitrogen and oxygen atoms in total. The summed E-state index contributed by atoms with van der Waals surface area (Å²) in [5, 5.41) is 4.41. The van der Waals surface area contributed by atoms with Gasteiger partial charge in [0.15, 0.2) is 5.65 Å². The van der Waals surface area contributed by atoms with E-state index in [4.69, 9.17) is 4.74 Å². The fraction of sp³-hybridized carbons (Fsp3) is 0.278. The van der Waals surface area contributed by atoms with Crippen molar-refractivity contribution in [3.8, 4) is 17.0 Å². The van der Waals surface area contributed by atoms with Crippen molar-refractivity contribution >= 4 is 11.6 Å². The Labute approximate surface area is 139 Å². The van der Waals surface area contributed by atoms with Gasteiger partial charge in [-0.25, -0.2) is 9.50 Å². The molecule has 1 aliphatic heterocycles. The van der Waals surface area contributed by atoms with Crippen LogP contribution in [0.4, 0.5) is 0 Å². The first-order valence-corrected chi connectivity index (χ1v) is 8.04. The van der Waals surface area contributed by atoms with Gasteiger partial charge >= 0.3 is 0 Å². The average Bonchev–Trinajstić information content (AvgIpc) is 3.30. The van der Waals surface area contributed by atoms with Gasteiger partial charge < -0.3 is 9.64 Å². The van der Waals surface area contributed by atoms with E-state index in [0.29, 0.717) is 11.2 Å². The summed E-state index contributed by atoms with van der Waals surface area (Å²) >= 11 is 0. The number of rotatable bonds is 3. The summed E-state index contributed by atoms with van der Waals surface area (Å²) in [7, 11) is 1.64. The first kappa shape index (κ1) is 14.7. The molecule has 0 saturated carbocycles. The van der Waals surface area contributed by atoms with Crippen LogP contribution in [0.25, 0.3) is 16.9 Å². The topological polar surface area (TPSA) is 59.7 Å². The molecule has 1 fully saturated rings. The molecule has 6 heteroatoms. The van der Waals surface area contributed by atoms with Gasteiger partial charge in [0.1, 0.15) is 11.3 Å². The van der Waals surface area contributed by atoms with Gasteiger partial charge in [0, 0.05) is 24.8 Å². The molecule has 4 rings (SSSR count). The number of aromatic nitrogens is 3.